The van der Waals surface area contributed by atoms with Crippen molar-refractivity contribution in [1.82, 2.24) is 10.6 Å². The Hall–Kier alpha value is 3.30. The van der Waals surface area contributed by atoms with Crippen LogP contribution in [0.5, 0.6) is 0 Å². The normalized spacial score (nSPS) is 16.7. The average Bonchev–Trinajstić information content (AvgIpc) is 3.84. The molecule has 0 bridgehead atoms. The van der Waals surface area contributed by atoms with E-state index in [1.165, 1.54) is 116 Å². The van der Waals surface area contributed by atoms with Gasteiger partial charge in [-0.2, -0.15) is 0 Å². The molecule has 2 N–H and O–H groups in total. The van der Waals surface area contributed by atoms with Gasteiger partial charge in [-0.1, -0.05) is 160 Å². The number of ether oxygens (including phenoxy) is 2. The molecule has 0 aromatic carbocycles. The fraction of sp³-hybridized carbons (Fsp3) is 0.921. The number of nitrogens with one attached hydrogen (secondary N) is 2. The van der Waals surface area contributed by atoms with Gasteiger partial charge < -0.3 is 44.1 Å². The van der Waals surface area contributed by atoms with Crippen molar-refractivity contribution in [2.75, 3.05) is 6.54 Å². The second-order valence-electron chi connectivity index (χ2n) is 14.8. The summed E-state index contributed by atoms with van der Waals surface area (Å²) in [6.07, 6.45) is 24.5. The molecule has 0 aliphatic heterocycles. The van der Waals surface area contributed by atoms with Crippen LogP contribution in [0.3, 0.4) is 0 Å². The summed E-state index contributed by atoms with van der Waals surface area (Å²) < 4.78 is 13.0. The minimum Gasteiger partial charge on any atom is -1.00 e. The Morgan fingerprint density at radius 1 is 0.635 bits per heavy atom. The predicted molar refractivity (Wildman–Crippen MR) is 249 cm³/mol. The van der Waals surface area contributed by atoms with Crippen LogP contribution in [-0.2, 0) is 22.1 Å². The number of rotatable bonds is 2. The third kappa shape index (κ3) is 62.5. The molecule has 0 spiro atoms. The van der Waals surface area contributed by atoms with Gasteiger partial charge in [0.2, 0.25) is 0 Å². The molecule has 4 saturated carbocycles. The molecular weight excluding hydrogens is 1210 g/mol. The molecule has 0 radical (unpaired) electrons. The molecule has 4 aliphatic rings. The maximum atomic E-state index is 11.3. The van der Waals surface area contributed by atoms with Crippen LogP contribution in [0.15, 0.2) is 0 Å². The summed E-state index contributed by atoms with van der Waals surface area (Å²) in [6.45, 7) is 20.3. The van der Waals surface area contributed by atoms with Gasteiger partial charge in [0.25, 0.3) is 0 Å². The molecular formula is C38H76Cl2I4MgN2NiO4. The third-order valence-corrected chi connectivity index (χ3v) is 10.5. The molecule has 0 aromatic rings. The minimum absolute atomic E-state index is 0. The van der Waals surface area contributed by atoms with Crippen LogP contribution in [0, 0.1) is 13.0 Å². The molecule has 316 valence electrons. The van der Waals surface area contributed by atoms with Crippen LogP contribution in [0.4, 0.5) is 9.59 Å². The fourth-order valence-corrected chi connectivity index (χ4v) is 7.34. The average molecular weight is 1290 g/mol. The zero-order chi connectivity index (χ0) is 39.4. The molecule has 6 nitrogen and oxygen atoms in total. The van der Waals surface area contributed by atoms with E-state index in [-0.39, 0.29) is 58.7 Å². The number of carbonyl (C=O) groups excluding carboxylic acids is 2. The maximum absolute atomic E-state index is 11.3. The van der Waals surface area contributed by atoms with Crippen LogP contribution >= 0.6 is 88.2 Å². The van der Waals surface area contributed by atoms with E-state index >= 15 is 0 Å². The maximum Gasteiger partial charge on any atom is 2.00 e. The molecule has 14 heteroatoms. The van der Waals surface area contributed by atoms with Gasteiger partial charge in [0.1, 0.15) is 11.2 Å². The molecule has 0 saturated heterocycles. The monoisotopic (exact) mass is 1280 g/mol. The molecule has 4 aliphatic carbocycles. The van der Waals surface area contributed by atoms with E-state index in [0.29, 0.717) is 18.6 Å². The second-order valence-corrected chi connectivity index (χ2v) is 21.7. The largest absolute Gasteiger partial charge is 2.00 e. The van der Waals surface area contributed by atoms with Gasteiger partial charge in [0.15, 0.2) is 0 Å². The molecule has 0 unspecified atom stereocenters. The smallest absolute Gasteiger partial charge is 1.00 e. The first kappa shape index (κ1) is 67.1. The van der Waals surface area contributed by atoms with E-state index in [0.717, 1.165) is 18.3 Å². The molecule has 52 heavy (non-hydrogen) atoms. The Kier molecular flexibility index (Phi) is 60.6. The molecule has 2 amide bonds. The fourth-order valence-electron chi connectivity index (χ4n) is 4.70. The SMILES string of the molecule is CC(C)(C)OC(=O)NCC1CCCC1.CCC.CCC.IC1CCCC1.IC1CCCC1.IC1CCCC1.[CH2-]NC(=O)OC(C)(C)C.[Cl][Ni][Cl].[I-].[Mg+2]. The summed E-state index contributed by atoms with van der Waals surface area (Å²) in [7, 11) is 12.5. The molecule has 4 fully saturated rings. The van der Waals surface area contributed by atoms with E-state index in [2.05, 4.69) is 113 Å². The van der Waals surface area contributed by atoms with Gasteiger partial charge in [-0.3, -0.25) is 7.05 Å². The Morgan fingerprint density at radius 2 is 0.865 bits per heavy atom. The number of alkyl halides is 3. The van der Waals surface area contributed by atoms with Gasteiger partial charge in [-0.15, -0.1) is 0 Å². The Labute approximate surface area is 411 Å². The molecule has 0 aromatic heterocycles. The first-order chi connectivity index (χ1) is 23.4. The van der Waals surface area contributed by atoms with Crippen molar-refractivity contribution in [2.45, 2.75) is 208 Å². The number of halogens is 6. The van der Waals surface area contributed by atoms with Crippen LogP contribution < -0.4 is 34.6 Å². The number of hydrogen-bond donors (Lipinski definition) is 2. The zero-order valence-electron chi connectivity index (χ0n) is 34.4. The van der Waals surface area contributed by atoms with E-state index in [1.54, 1.807) is 20.8 Å². The van der Waals surface area contributed by atoms with Crippen molar-refractivity contribution in [3.05, 3.63) is 7.05 Å². The van der Waals surface area contributed by atoms with E-state index in [1.807, 2.05) is 20.8 Å². The summed E-state index contributed by atoms with van der Waals surface area (Å²) in [5.74, 6) is 0.669. The van der Waals surface area contributed by atoms with Gasteiger partial charge >= 0.3 is 68.3 Å². The first-order valence-electron chi connectivity index (χ1n) is 18.8. The predicted octanol–water partition coefficient (Wildman–Crippen LogP) is 11.9. The van der Waals surface area contributed by atoms with Crippen LogP contribution in [0.25, 0.3) is 0 Å². The zero-order valence-corrected chi connectivity index (χ0v) is 46.9. The topological polar surface area (TPSA) is 76.7 Å². The Bertz CT molecular complexity index is 697. The van der Waals surface area contributed by atoms with Gasteiger partial charge in [0.05, 0.1) is 0 Å². The summed E-state index contributed by atoms with van der Waals surface area (Å²) >= 11 is 8.17. The second kappa shape index (κ2) is 47.0. The van der Waals surface area contributed by atoms with Crippen LogP contribution in [-0.4, -0.2) is 64.8 Å². The van der Waals surface area contributed by atoms with E-state index < -0.39 is 11.7 Å². The number of alkyl carbamates (subject to hydrolysis) is 2. The molecule has 0 heterocycles. The first-order valence-corrected chi connectivity index (χ1v) is 25.3. The van der Waals surface area contributed by atoms with Crippen molar-refractivity contribution in [2.24, 2.45) is 5.92 Å². The summed E-state index contributed by atoms with van der Waals surface area (Å²) in [5, 5.41) is 4.93. The number of carbonyl (C=O) groups is 2. The van der Waals surface area contributed by atoms with Crippen LogP contribution in [0.1, 0.15) is 185 Å². The van der Waals surface area contributed by atoms with E-state index in [4.69, 9.17) is 29.9 Å². The Balaban J connectivity index is -0.000000123. The molecule has 0 atom stereocenters. The third-order valence-electron chi connectivity index (χ3n) is 6.81. The van der Waals surface area contributed by atoms with Gasteiger partial charge in [0, 0.05) is 18.3 Å². The molecule has 4 rings (SSSR count). The van der Waals surface area contributed by atoms with Crippen molar-refractivity contribution >= 4 is 123 Å². The van der Waals surface area contributed by atoms with Gasteiger partial charge in [-0.25, -0.2) is 9.59 Å². The summed E-state index contributed by atoms with van der Waals surface area (Å²) in [4.78, 5) is 21.7. The van der Waals surface area contributed by atoms with Crippen LogP contribution in [0.2, 0.25) is 0 Å². The number of hydrogen-bond acceptors (Lipinski definition) is 4. The van der Waals surface area contributed by atoms with Crippen molar-refractivity contribution in [1.29, 1.82) is 0 Å². The van der Waals surface area contributed by atoms with Gasteiger partial charge in [-0.05, 0) is 98.8 Å². The van der Waals surface area contributed by atoms with E-state index in [9.17, 15) is 9.59 Å². The minimum atomic E-state index is -0.498. The number of amides is 2. The summed E-state index contributed by atoms with van der Waals surface area (Å²) in [6, 6.07) is 0. The quantitative estimate of drug-likeness (QED) is 0.125. The summed E-state index contributed by atoms with van der Waals surface area (Å²) in [5.41, 5.74) is -0.818. The van der Waals surface area contributed by atoms with Crippen molar-refractivity contribution < 1.29 is 55.7 Å². The van der Waals surface area contributed by atoms with Crippen molar-refractivity contribution in [3.8, 4) is 0 Å². The van der Waals surface area contributed by atoms with Crippen molar-refractivity contribution in [3.63, 3.8) is 0 Å². The standard InChI is InChI=1S/C11H21NO2.C6H12NO2.3C5H9I.2C3H8.2ClH.HI.Mg.Ni/c1-11(2,3)14-10(13)12-8-9-6-4-5-7-9;1-6(2,3)9-5(8)7-4;3*6-5-3-1-2-4-5;2*1-3-2;;;;;/h9H,4-8H2,1-3H3,(H,12,13);4H2,1-3H3,(H,7,8);3*5H,1-4H2;2*3H2,1-2H3;3*1H;;/q;-1;;;;;;;;;2*+2/p-3. The Morgan fingerprint density at radius 3 is 1.04 bits per heavy atom.